The number of nitrogens with zero attached hydrogens (tertiary/aromatic N) is 2. The number of thioether (sulfide) groups is 1. The number of aliphatic imine (C=N–C) groups is 1. The Morgan fingerprint density at radius 1 is 1.18 bits per heavy atom. The molecule has 158 valence electrons. The minimum Gasteiger partial charge on any atom is -0.379 e. The van der Waals surface area contributed by atoms with Gasteiger partial charge in [-0.1, -0.05) is 29.3 Å². The van der Waals surface area contributed by atoms with Crippen molar-refractivity contribution >= 4 is 41.7 Å². The molecular formula is C21H35IN4OS. The van der Waals surface area contributed by atoms with Crippen LogP contribution in [0.5, 0.6) is 0 Å². The molecule has 0 bridgehead atoms. The molecule has 0 radical (unpaired) electrons. The van der Waals surface area contributed by atoms with Gasteiger partial charge in [-0.25, -0.2) is 0 Å². The maximum Gasteiger partial charge on any atom is 0.191 e. The lowest BCUT2D eigenvalue weighted by molar-refractivity contribution is -0.0120. The van der Waals surface area contributed by atoms with E-state index in [-0.39, 0.29) is 29.5 Å². The van der Waals surface area contributed by atoms with E-state index in [1.54, 1.807) is 0 Å². The van der Waals surface area contributed by atoms with Crippen LogP contribution in [0.3, 0.4) is 0 Å². The molecule has 0 aliphatic carbocycles. The summed E-state index contributed by atoms with van der Waals surface area (Å²) < 4.78 is 5.56. The van der Waals surface area contributed by atoms with Gasteiger partial charge in [0.15, 0.2) is 5.96 Å². The van der Waals surface area contributed by atoms with E-state index in [1.165, 1.54) is 34.6 Å². The lowest BCUT2D eigenvalue weighted by atomic mass is 9.95. The van der Waals surface area contributed by atoms with Crippen LogP contribution in [-0.4, -0.2) is 74.3 Å². The number of ether oxygens (including phenoxy) is 1. The molecule has 2 aliphatic rings. The smallest absolute Gasteiger partial charge is 0.191 e. The van der Waals surface area contributed by atoms with E-state index in [0.717, 1.165) is 51.8 Å². The molecule has 28 heavy (non-hydrogen) atoms. The van der Waals surface area contributed by atoms with Crippen molar-refractivity contribution in [3.63, 3.8) is 0 Å². The second kappa shape index (κ2) is 11.6. The van der Waals surface area contributed by atoms with Crippen LogP contribution in [0.2, 0.25) is 0 Å². The van der Waals surface area contributed by atoms with E-state index in [0.29, 0.717) is 0 Å². The fourth-order valence-electron chi connectivity index (χ4n) is 4.14. The molecule has 1 atom stereocenters. The van der Waals surface area contributed by atoms with E-state index >= 15 is 0 Å². The van der Waals surface area contributed by atoms with Crippen molar-refractivity contribution in [2.24, 2.45) is 4.99 Å². The van der Waals surface area contributed by atoms with E-state index in [1.807, 2.05) is 7.05 Å². The number of hydrogen-bond donors (Lipinski definition) is 2. The molecule has 2 saturated heterocycles. The lowest BCUT2D eigenvalue weighted by Crippen LogP contribution is -2.60. The number of nitrogens with one attached hydrogen (secondary N) is 2. The Kier molecular flexibility index (Phi) is 9.86. The average molecular weight is 519 g/mol. The van der Waals surface area contributed by atoms with Gasteiger partial charge in [-0.3, -0.25) is 9.89 Å². The maximum absolute atomic E-state index is 5.56. The zero-order chi connectivity index (χ0) is 19.1. The first kappa shape index (κ1) is 23.8. The Bertz CT molecular complexity index is 623. The molecule has 0 spiro atoms. The molecule has 0 aromatic heterocycles. The maximum atomic E-state index is 5.56. The van der Waals surface area contributed by atoms with E-state index < -0.39 is 0 Å². The zero-order valence-corrected chi connectivity index (χ0v) is 20.6. The SMILES string of the molecule is CN=C(NCCc1cc(C)cc(C)c1)NCC1(N2CCOCC2)CCSC1.I. The average Bonchev–Trinajstić information content (AvgIpc) is 3.15. The van der Waals surface area contributed by atoms with Crippen molar-refractivity contribution in [1.29, 1.82) is 0 Å². The first-order chi connectivity index (χ1) is 13.1. The van der Waals surface area contributed by atoms with Crippen molar-refractivity contribution in [3.8, 4) is 0 Å². The predicted molar refractivity (Wildman–Crippen MR) is 131 cm³/mol. The van der Waals surface area contributed by atoms with Crippen LogP contribution in [0.4, 0.5) is 0 Å². The van der Waals surface area contributed by atoms with Crippen molar-refractivity contribution in [2.75, 3.05) is 57.9 Å². The van der Waals surface area contributed by atoms with Gasteiger partial charge in [-0.2, -0.15) is 11.8 Å². The van der Waals surface area contributed by atoms with Gasteiger partial charge in [0.05, 0.1) is 13.2 Å². The quantitative estimate of drug-likeness (QED) is 0.345. The molecule has 1 aromatic carbocycles. The minimum atomic E-state index is 0. The monoisotopic (exact) mass is 518 g/mol. The molecule has 0 saturated carbocycles. The van der Waals surface area contributed by atoms with Crippen LogP contribution in [0.25, 0.3) is 0 Å². The first-order valence-electron chi connectivity index (χ1n) is 10.0. The summed E-state index contributed by atoms with van der Waals surface area (Å²) in [5.74, 6) is 3.35. The van der Waals surface area contributed by atoms with E-state index in [2.05, 4.69) is 64.3 Å². The second-order valence-corrected chi connectivity index (χ2v) is 8.83. The number of morpholine rings is 1. The third-order valence-corrected chi connectivity index (χ3v) is 6.79. The lowest BCUT2D eigenvalue weighted by Gasteiger charge is -2.43. The van der Waals surface area contributed by atoms with Gasteiger partial charge in [0.25, 0.3) is 0 Å². The second-order valence-electron chi connectivity index (χ2n) is 7.72. The summed E-state index contributed by atoms with van der Waals surface area (Å²) in [6.45, 7) is 9.96. The molecule has 2 heterocycles. The first-order valence-corrected chi connectivity index (χ1v) is 11.2. The van der Waals surface area contributed by atoms with E-state index in [4.69, 9.17) is 4.74 Å². The summed E-state index contributed by atoms with van der Waals surface area (Å²) in [6, 6.07) is 6.77. The van der Waals surface area contributed by atoms with Crippen LogP contribution in [0.1, 0.15) is 23.1 Å². The van der Waals surface area contributed by atoms with Crippen molar-refractivity contribution in [3.05, 3.63) is 34.9 Å². The third kappa shape index (κ3) is 6.50. The topological polar surface area (TPSA) is 48.9 Å². The Morgan fingerprint density at radius 3 is 2.50 bits per heavy atom. The van der Waals surface area contributed by atoms with Crippen molar-refractivity contribution in [2.45, 2.75) is 32.2 Å². The van der Waals surface area contributed by atoms with Crippen LogP contribution in [-0.2, 0) is 11.2 Å². The zero-order valence-electron chi connectivity index (χ0n) is 17.4. The van der Waals surface area contributed by atoms with E-state index in [9.17, 15) is 0 Å². The van der Waals surface area contributed by atoms with Gasteiger partial charge in [0, 0.05) is 44.5 Å². The number of aryl methyl sites for hydroxylation is 2. The molecule has 3 rings (SSSR count). The van der Waals surface area contributed by atoms with Crippen molar-refractivity contribution in [1.82, 2.24) is 15.5 Å². The fourth-order valence-corrected chi connectivity index (χ4v) is 5.62. The standard InChI is InChI=1S/C21H34N4OS.HI/c1-17-12-18(2)14-19(13-17)4-6-23-20(22-3)24-15-21(5-11-27-16-21)25-7-9-26-10-8-25;/h12-14H,4-11,15-16H2,1-3H3,(H2,22,23,24);1H. The van der Waals surface area contributed by atoms with Gasteiger partial charge in [-0.15, -0.1) is 24.0 Å². The van der Waals surface area contributed by atoms with Gasteiger partial charge < -0.3 is 15.4 Å². The summed E-state index contributed by atoms with van der Waals surface area (Å²) in [6.07, 6.45) is 2.25. The number of rotatable bonds is 6. The van der Waals surface area contributed by atoms with Crippen molar-refractivity contribution < 1.29 is 4.74 Å². The molecule has 2 aliphatic heterocycles. The fraction of sp³-hybridized carbons (Fsp3) is 0.667. The highest BCUT2D eigenvalue weighted by molar-refractivity contribution is 14.0. The minimum absolute atomic E-state index is 0. The highest BCUT2D eigenvalue weighted by Gasteiger charge is 2.40. The Morgan fingerprint density at radius 2 is 1.89 bits per heavy atom. The summed E-state index contributed by atoms with van der Waals surface area (Å²) in [7, 11) is 1.86. The third-order valence-electron chi connectivity index (χ3n) is 5.56. The highest BCUT2D eigenvalue weighted by atomic mass is 127. The summed E-state index contributed by atoms with van der Waals surface area (Å²) in [5, 5.41) is 7.09. The normalized spacial score (nSPS) is 23.3. The van der Waals surface area contributed by atoms with Gasteiger partial charge in [0.1, 0.15) is 0 Å². The molecule has 2 fully saturated rings. The predicted octanol–water partition coefficient (Wildman–Crippen LogP) is 2.84. The molecule has 7 heteroatoms. The summed E-state index contributed by atoms with van der Waals surface area (Å²) in [5.41, 5.74) is 4.28. The molecule has 1 aromatic rings. The van der Waals surface area contributed by atoms with Crippen LogP contribution in [0.15, 0.2) is 23.2 Å². The Labute approximate surface area is 191 Å². The highest BCUT2D eigenvalue weighted by Crippen LogP contribution is 2.33. The van der Waals surface area contributed by atoms with Crippen LogP contribution < -0.4 is 10.6 Å². The number of guanidine groups is 1. The number of hydrogen-bond acceptors (Lipinski definition) is 4. The van der Waals surface area contributed by atoms with Gasteiger partial charge >= 0.3 is 0 Å². The summed E-state index contributed by atoms with van der Waals surface area (Å²) >= 11 is 2.07. The van der Waals surface area contributed by atoms with Gasteiger partial charge in [0.2, 0.25) is 0 Å². The van der Waals surface area contributed by atoms with Crippen LogP contribution >= 0.6 is 35.7 Å². The molecular weight excluding hydrogens is 483 g/mol. The number of halogens is 1. The molecule has 1 unspecified atom stereocenters. The molecule has 5 nitrogen and oxygen atoms in total. The van der Waals surface area contributed by atoms with Crippen LogP contribution in [0, 0.1) is 13.8 Å². The summed E-state index contributed by atoms with van der Waals surface area (Å²) in [4.78, 5) is 7.07. The molecule has 0 amide bonds. The number of benzene rings is 1. The van der Waals surface area contributed by atoms with Gasteiger partial charge in [-0.05, 0) is 38.0 Å². The molecule has 2 N–H and O–H groups in total. The largest absolute Gasteiger partial charge is 0.379 e. The Balaban J connectivity index is 0.00000280. The Hall–Kier alpha value is -0.510.